The molecule has 20 heavy (non-hydrogen) atoms. The molecule has 1 heterocycles. The third-order valence-corrected chi connectivity index (χ3v) is 3.39. The Hall–Kier alpha value is -1.92. The Morgan fingerprint density at radius 1 is 1.35 bits per heavy atom. The molecule has 1 aromatic carbocycles. The first-order valence-corrected chi connectivity index (χ1v) is 6.79. The van der Waals surface area contributed by atoms with E-state index in [0.29, 0.717) is 15.7 Å². The van der Waals surface area contributed by atoms with E-state index in [2.05, 4.69) is 26.2 Å². The highest BCUT2D eigenvalue weighted by atomic mass is 79.9. The van der Waals surface area contributed by atoms with Crippen LogP contribution in [0.2, 0.25) is 0 Å². The lowest BCUT2D eigenvalue weighted by atomic mass is 10.1. The van der Waals surface area contributed by atoms with Gasteiger partial charge in [-0.3, -0.25) is 4.79 Å². The molecule has 0 aliphatic rings. The summed E-state index contributed by atoms with van der Waals surface area (Å²) in [6.45, 7) is 0.103. The number of aliphatic hydroxyl groups excluding tert-OH is 1. The Bertz CT molecular complexity index is 602. The van der Waals surface area contributed by atoms with Gasteiger partial charge in [-0.05, 0) is 45.8 Å². The molecule has 0 aliphatic carbocycles. The number of carbonyl (C=O) groups excluding carboxylic acids is 1. The van der Waals surface area contributed by atoms with Gasteiger partial charge in [0.05, 0.1) is 6.10 Å². The lowest BCUT2D eigenvalue weighted by Crippen LogP contribution is -2.29. The highest BCUT2D eigenvalue weighted by molar-refractivity contribution is 9.10. The highest BCUT2D eigenvalue weighted by Crippen LogP contribution is 2.15. The Balaban J connectivity index is 1.97. The number of nitrogens with one attached hydrogen (secondary N) is 1. The Labute approximate surface area is 125 Å². The number of rotatable bonds is 4. The first-order chi connectivity index (χ1) is 9.58. The van der Waals surface area contributed by atoms with Gasteiger partial charge in [0.2, 0.25) is 0 Å². The molecule has 6 heteroatoms. The molecule has 0 bridgehead atoms. The van der Waals surface area contributed by atoms with Crippen LogP contribution in [0.4, 0.5) is 5.69 Å². The number of anilines is 1. The molecule has 1 aromatic heterocycles. The second-order valence-corrected chi connectivity index (χ2v) is 5.08. The summed E-state index contributed by atoms with van der Waals surface area (Å²) in [4.78, 5) is 15.9. The van der Waals surface area contributed by atoms with Crippen LogP contribution in [0.15, 0.2) is 47.1 Å². The smallest absolute Gasteiger partial charge is 0.271 e. The fourth-order valence-electron chi connectivity index (χ4n) is 1.66. The topological polar surface area (TPSA) is 88.2 Å². The van der Waals surface area contributed by atoms with Crippen molar-refractivity contribution in [2.45, 2.75) is 6.10 Å². The predicted molar refractivity (Wildman–Crippen MR) is 80.1 cm³/mol. The van der Waals surface area contributed by atoms with E-state index < -0.39 is 6.10 Å². The normalized spacial score (nSPS) is 11.9. The molecular weight excluding hydrogens is 322 g/mol. The molecule has 0 spiro atoms. The third kappa shape index (κ3) is 3.55. The van der Waals surface area contributed by atoms with Crippen LogP contribution in [-0.4, -0.2) is 22.5 Å². The molecule has 0 aliphatic heterocycles. The zero-order chi connectivity index (χ0) is 14.5. The molecule has 2 aromatic rings. The number of pyridine rings is 1. The first-order valence-electron chi connectivity index (χ1n) is 6.00. The SMILES string of the molecule is Nc1ccc(C(O)CNC(=O)c2ncccc2Br)cc1. The lowest BCUT2D eigenvalue weighted by Gasteiger charge is -2.12. The molecule has 0 radical (unpaired) electrons. The summed E-state index contributed by atoms with van der Waals surface area (Å²) in [5.41, 5.74) is 7.19. The van der Waals surface area contributed by atoms with E-state index in [-0.39, 0.29) is 18.1 Å². The van der Waals surface area contributed by atoms with Gasteiger partial charge in [0.1, 0.15) is 5.69 Å². The number of carbonyl (C=O) groups is 1. The monoisotopic (exact) mass is 335 g/mol. The average molecular weight is 336 g/mol. The van der Waals surface area contributed by atoms with E-state index in [1.54, 1.807) is 36.4 Å². The largest absolute Gasteiger partial charge is 0.399 e. The van der Waals surface area contributed by atoms with Crippen molar-refractivity contribution in [2.24, 2.45) is 0 Å². The minimum absolute atomic E-state index is 0.103. The number of aliphatic hydroxyl groups is 1. The van der Waals surface area contributed by atoms with Gasteiger partial charge in [-0.15, -0.1) is 0 Å². The number of aromatic nitrogens is 1. The third-order valence-electron chi connectivity index (χ3n) is 2.75. The van der Waals surface area contributed by atoms with E-state index in [0.717, 1.165) is 0 Å². The molecule has 4 N–H and O–H groups in total. The summed E-state index contributed by atoms with van der Waals surface area (Å²) in [6.07, 6.45) is 0.748. The molecule has 5 nitrogen and oxygen atoms in total. The van der Waals surface area contributed by atoms with E-state index in [4.69, 9.17) is 5.73 Å². The Morgan fingerprint density at radius 2 is 2.05 bits per heavy atom. The quantitative estimate of drug-likeness (QED) is 0.744. The van der Waals surface area contributed by atoms with Crippen LogP contribution in [0, 0.1) is 0 Å². The van der Waals surface area contributed by atoms with Crippen molar-refractivity contribution in [3.63, 3.8) is 0 Å². The summed E-state index contributed by atoms with van der Waals surface area (Å²) in [5.74, 6) is -0.341. The second kappa shape index (κ2) is 6.49. The average Bonchev–Trinajstić information content (AvgIpc) is 2.45. The standard InChI is InChI=1S/C14H14BrN3O2/c15-11-2-1-7-17-13(11)14(20)18-8-12(19)9-3-5-10(16)6-4-9/h1-7,12,19H,8,16H2,(H,18,20). The molecule has 0 saturated carbocycles. The van der Waals surface area contributed by atoms with Gasteiger partial charge in [0.25, 0.3) is 5.91 Å². The van der Waals surface area contributed by atoms with Gasteiger partial charge < -0.3 is 16.2 Å². The maximum atomic E-state index is 11.9. The number of amides is 1. The maximum absolute atomic E-state index is 11.9. The number of benzene rings is 1. The molecule has 1 amide bonds. The number of hydrogen-bond acceptors (Lipinski definition) is 4. The van der Waals surface area contributed by atoms with Crippen molar-refractivity contribution in [3.8, 4) is 0 Å². The number of nitrogen functional groups attached to an aromatic ring is 1. The Morgan fingerprint density at radius 3 is 2.70 bits per heavy atom. The van der Waals surface area contributed by atoms with Gasteiger partial charge in [0, 0.05) is 22.9 Å². The van der Waals surface area contributed by atoms with Crippen molar-refractivity contribution < 1.29 is 9.90 Å². The molecule has 0 saturated heterocycles. The number of halogens is 1. The van der Waals surface area contributed by atoms with Crippen LogP contribution in [-0.2, 0) is 0 Å². The van der Waals surface area contributed by atoms with Crippen LogP contribution in [0.1, 0.15) is 22.2 Å². The fraction of sp³-hybridized carbons (Fsp3) is 0.143. The second-order valence-electron chi connectivity index (χ2n) is 4.23. The van der Waals surface area contributed by atoms with Gasteiger partial charge in [-0.25, -0.2) is 4.98 Å². The van der Waals surface area contributed by atoms with Gasteiger partial charge in [-0.1, -0.05) is 12.1 Å². The van der Waals surface area contributed by atoms with Crippen LogP contribution in [0.25, 0.3) is 0 Å². The highest BCUT2D eigenvalue weighted by Gasteiger charge is 2.13. The van der Waals surface area contributed by atoms with Crippen molar-refractivity contribution in [2.75, 3.05) is 12.3 Å². The number of nitrogens with zero attached hydrogens (tertiary/aromatic N) is 1. The van der Waals surface area contributed by atoms with Crippen LogP contribution in [0.3, 0.4) is 0 Å². The van der Waals surface area contributed by atoms with E-state index in [1.807, 2.05) is 0 Å². The summed E-state index contributed by atoms with van der Waals surface area (Å²) >= 11 is 3.26. The van der Waals surface area contributed by atoms with Gasteiger partial charge >= 0.3 is 0 Å². The molecule has 1 atom stereocenters. The lowest BCUT2D eigenvalue weighted by molar-refractivity contribution is 0.0910. The number of nitrogens with two attached hydrogens (primary N) is 1. The fourth-order valence-corrected chi connectivity index (χ4v) is 2.10. The zero-order valence-corrected chi connectivity index (χ0v) is 12.2. The zero-order valence-electron chi connectivity index (χ0n) is 10.6. The summed E-state index contributed by atoms with van der Waals surface area (Å²) in [7, 11) is 0. The predicted octanol–water partition coefficient (Wildman–Crippen LogP) is 1.89. The van der Waals surface area contributed by atoms with E-state index in [1.165, 1.54) is 6.20 Å². The van der Waals surface area contributed by atoms with Crippen molar-refractivity contribution in [1.82, 2.24) is 10.3 Å². The summed E-state index contributed by atoms with van der Waals surface area (Å²) < 4.78 is 0.611. The van der Waals surface area contributed by atoms with Crippen molar-refractivity contribution in [3.05, 3.63) is 58.3 Å². The van der Waals surface area contributed by atoms with Crippen molar-refractivity contribution in [1.29, 1.82) is 0 Å². The maximum Gasteiger partial charge on any atom is 0.271 e. The Kier molecular flexibility index (Phi) is 4.70. The van der Waals surface area contributed by atoms with Crippen molar-refractivity contribution >= 4 is 27.5 Å². The summed E-state index contributed by atoms with van der Waals surface area (Å²) in [5, 5.41) is 12.6. The molecule has 0 fully saturated rings. The minimum atomic E-state index is -0.790. The van der Waals surface area contributed by atoms with Crippen LogP contribution in [0.5, 0.6) is 0 Å². The molecular formula is C14H14BrN3O2. The molecule has 2 rings (SSSR count). The summed E-state index contributed by atoms with van der Waals surface area (Å²) in [6, 6.07) is 10.3. The van der Waals surface area contributed by atoms with E-state index >= 15 is 0 Å². The molecule has 104 valence electrons. The molecule has 1 unspecified atom stereocenters. The van der Waals surface area contributed by atoms with E-state index in [9.17, 15) is 9.90 Å². The van der Waals surface area contributed by atoms with Crippen LogP contribution < -0.4 is 11.1 Å². The first kappa shape index (κ1) is 14.5. The van der Waals surface area contributed by atoms with Gasteiger partial charge in [-0.2, -0.15) is 0 Å². The minimum Gasteiger partial charge on any atom is -0.399 e. The van der Waals surface area contributed by atoms with Crippen LogP contribution >= 0.6 is 15.9 Å². The van der Waals surface area contributed by atoms with Gasteiger partial charge in [0.15, 0.2) is 0 Å². The number of hydrogen-bond donors (Lipinski definition) is 3.